The first-order valence-corrected chi connectivity index (χ1v) is 9.50. The van der Waals surface area contributed by atoms with Crippen molar-refractivity contribution in [1.29, 1.82) is 0 Å². The minimum Gasteiger partial charge on any atom is -0.504 e. The third-order valence-electron chi connectivity index (χ3n) is 5.65. The third-order valence-corrected chi connectivity index (χ3v) is 5.65. The number of rotatable bonds is 3. The Labute approximate surface area is 162 Å². The second-order valence-corrected chi connectivity index (χ2v) is 7.18. The number of pyridine rings is 1. The van der Waals surface area contributed by atoms with Crippen molar-refractivity contribution in [2.24, 2.45) is 7.05 Å². The Kier molecular flexibility index (Phi) is 3.72. The number of aryl methyl sites for hydroxylation is 2. The van der Waals surface area contributed by atoms with Gasteiger partial charge in [0.1, 0.15) is 7.05 Å². The predicted molar refractivity (Wildman–Crippen MR) is 108 cm³/mol. The maximum absolute atomic E-state index is 10.9. The summed E-state index contributed by atoms with van der Waals surface area (Å²) in [5, 5.41) is 16.1. The van der Waals surface area contributed by atoms with Crippen LogP contribution in [-0.2, 0) is 13.5 Å². The molecule has 0 atom stereocenters. The summed E-state index contributed by atoms with van der Waals surface area (Å²) in [6, 6.07) is 12.2. The van der Waals surface area contributed by atoms with Gasteiger partial charge < -0.3 is 19.3 Å². The maximum atomic E-state index is 10.9. The number of nitrogens with zero attached hydrogens (tertiary/aromatic N) is 1. The Hall–Kier alpha value is -3.21. The summed E-state index contributed by atoms with van der Waals surface area (Å²) in [6.45, 7) is 2.40. The largest absolute Gasteiger partial charge is 0.504 e. The zero-order valence-corrected chi connectivity index (χ0v) is 16.2. The minimum absolute atomic E-state index is 0.201. The van der Waals surface area contributed by atoms with Gasteiger partial charge in [0.15, 0.2) is 28.7 Å². The molecule has 0 bridgehead atoms. The zero-order valence-electron chi connectivity index (χ0n) is 16.2. The van der Waals surface area contributed by atoms with E-state index < -0.39 is 0 Å². The van der Waals surface area contributed by atoms with Gasteiger partial charge in [-0.25, -0.2) is 0 Å². The van der Waals surface area contributed by atoms with Crippen molar-refractivity contribution in [3.8, 4) is 23.0 Å². The molecule has 3 aromatic carbocycles. The molecule has 0 spiro atoms. The van der Waals surface area contributed by atoms with Crippen molar-refractivity contribution in [2.75, 3.05) is 13.9 Å². The monoisotopic (exact) mass is 376 g/mol. The number of ether oxygens (including phenoxy) is 3. The number of benzene rings is 3. The Morgan fingerprint density at radius 2 is 1.79 bits per heavy atom. The lowest BCUT2D eigenvalue weighted by atomic mass is 9.96. The number of methoxy groups -OCH3 is 1. The first-order chi connectivity index (χ1) is 13.6. The molecule has 0 radical (unpaired) electrons. The van der Waals surface area contributed by atoms with Gasteiger partial charge in [-0.15, -0.1) is 0 Å². The molecule has 0 fully saturated rings. The summed E-state index contributed by atoms with van der Waals surface area (Å²) in [7, 11) is 3.65. The van der Waals surface area contributed by atoms with Crippen molar-refractivity contribution in [3.63, 3.8) is 0 Å². The van der Waals surface area contributed by atoms with Crippen LogP contribution in [0.4, 0.5) is 0 Å². The van der Waals surface area contributed by atoms with Gasteiger partial charge in [-0.1, -0.05) is 13.0 Å². The average Bonchev–Trinajstić information content (AvgIpc) is 3.16. The number of aromatic nitrogens is 1. The van der Waals surface area contributed by atoms with Gasteiger partial charge in [0.05, 0.1) is 23.3 Å². The smallest absolute Gasteiger partial charge is 0.231 e. The molecule has 0 aliphatic carbocycles. The molecule has 1 aliphatic heterocycles. The molecule has 28 heavy (non-hydrogen) atoms. The quantitative estimate of drug-likeness (QED) is 0.426. The van der Waals surface area contributed by atoms with Crippen molar-refractivity contribution in [1.82, 2.24) is 0 Å². The molecule has 2 heterocycles. The van der Waals surface area contributed by atoms with E-state index in [4.69, 9.17) is 14.2 Å². The number of aromatic hydroxyl groups is 1. The highest BCUT2D eigenvalue weighted by atomic mass is 16.7. The van der Waals surface area contributed by atoms with Crippen molar-refractivity contribution < 1.29 is 23.9 Å². The fraction of sp³-hybridized carbons (Fsp3) is 0.261. The second kappa shape index (κ2) is 6.16. The summed E-state index contributed by atoms with van der Waals surface area (Å²) < 4.78 is 18.7. The van der Waals surface area contributed by atoms with Crippen LogP contribution in [0.5, 0.6) is 23.0 Å². The fourth-order valence-electron chi connectivity index (χ4n) is 4.36. The molecule has 5 heteroatoms. The second-order valence-electron chi connectivity index (χ2n) is 7.18. The normalized spacial score (nSPS) is 13.0. The van der Waals surface area contributed by atoms with Gasteiger partial charge in [0.25, 0.3) is 0 Å². The minimum atomic E-state index is 0.201. The molecule has 142 valence electrons. The maximum Gasteiger partial charge on any atom is 0.231 e. The van der Waals surface area contributed by atoms with Crippen LogP contribution in [0.2, 0.25) is 0 Å². The summed E-state index contributed by atoms with van der Waals surface area (Å²) in [6.07, 6.45) is 1.83. The van der Waals surface area contributed by atoms with Crippen LogP contribution in [-0.4, -0.2) is 19.0 Å². The molecule has 1 aromatic heterocycles. The zero-order chi connectivity index (χ0) is 19.4. The van der Waals surface area contributed by atoms with Crippen LogP contribution in [0.3, 0.4) is 0 Å². The first-order valence-electron chi connectivity index (χ1n) is 9.50. The molecule has 4 aromatic rings. The molecule has 0 amide bonds. The van der Waals surface area contributed by atoms with Gasteiger partial charge >= 0.3 is 0 Å². The molecule has 1 N–H and O–H groups in total. The van der Waals surface area contributed by atoms with Gasteiger partial charge in [0.2, 0.25) is 12.3 Å². The number of phenols is 1. The van der Waals surface area contributed by atoms with Gasteiger partial charge in [0, 0.05) is 11.8 Å². The van der Waals surface area contributed by atoms with E-state index in [0.29, 0.717) is 5.75 Å². The van der Waals surface area contributed by atoms with E-state index in [-0.39, 0.29) is 12.5 Å². The summed E-state index contributed by atoms with van der Waals surface area (Å²) in [5.74, 6) is 2.25. The molecule has 0 saturated heterocycles. The van der Waals surface area contributed by atoms with Crippen LogP contribution in [0.25, 0.3) is 32.4 Å². The lowest BCUT2D eigenvalue weighted by Crippen LogP contribution is -2.35. The predicted octanol–water partition coefficient (Wildman–Crippen LogP) is 4.37. The molecule has 5 nitrogen and oxygen atoms in total. The highest BCUT2D eigenvalue weighted by molar-refractivity contribution is 6.15. The lowest BCUT2D eigenvalue weighted by molar-refractivity contribution is -0.650. The average molecular weight is 376 g/mol. The molecule has 5 rings (SSSR count). The van der Waals surface area contributed by atoms with E-state index in [2.05, 4.69) is 36.7 Å². The number of phenolic OH excluding ortho intramolecular Hbond substituents is 1. The van der Waals surface area contributed by atoms with E-state index in [1.807, 2.05) is 18.2 Å². The summed E-state index contributed by atoms with van der Waals surface area (Å²) in [5.41, 5.74) is 2.21. The summed E-state index contributed by atoms with van der Waals surface area (Å²) >= 11 is 0. The van der Waals surface area contributed by atoms with Crippen molar-refractivity contribution in [3.05, 3.63) is 42.1 Å². The van der Waals surface area contributed by atoms with Crippen LogP contribution < -0.4 is 18.8 Å². The Morgan fingerprint density at radius 1 is 1.04 bits per heavy atom. The number of hydrogen-bond donors (Lipinski definition) is 1. The fourth-order valence-corrected chi connectivity index (χ4v) is 4.36. The van der Waals surface area contributed by atoms with E-state index in [9.17, 15) is 5.11 Å². The molecular formula is C23H22NO4+. The highest BCUT2D eigenvalue weighted by Crippen LogP contribution is 2.42. The topological polar surface area (TPSA) is 51.8 Å². The standard InChI is InChI=1S/C23H21NO4/c1-4-5-17-21-14(8-9-18(26-3)23(21)25)15-7-6-13-10-19-20(28-12-27-19)11-16(13)22(15)24(17)2/h6-11H,4-5,12H2,1-3H3/p+1. The number of hydrogen-bond acceptors (Lipinski definition) is 4. The van der Waals surface area contributed by atoms with E-state index in [0.717, 1.165) is 62.5 Å². The van der Waals surface area contributed by atoms with E-state index in [1.54, 1.807) is 7.11 Å². The van der Waals surface area contributed by atoms with Gasteiger partial charge in [-0.3, -0.25) is 0 Å². The SMILES string of the molecule is CCCc1c2c(O)c(OC)ccc2c2ccc3cc4c(cc3c2[n+]1C)OCO4. The van der Waals surface area contributed by atoms with Crippen LogP contribution in [0.15, 0.2) is 36.4 Å². The highest BCUT2D eigenvalue weighted by Gasteiger charge is 2.25. The van der Waals surface area contributed by atoms with Crippen molar-refractivity contribution >= 4 is 32.4 Å². The van der Waals surface area contributed by atoms with E-state index >= 15 is 0 Å². The Balaban J connectivity index is 1.99. The lowest BCUT2D eigenvalue weighted by Gasteiger charge is -2.13. The molecule has 0 unspecified atom stereocenters. The third kappa shape index (κ3) is 2.22. The molecular weight excluding hydrogens is 354 g/mol. The Bertz CT molecular complexity index is 1260. The first kappa shape index (κ1) is 16.9. The Morgan fingerprint density at radius 3 is 2.54 bits per heavy atom. The summed E-state index contributed by atoms with van der Waals surface area (Å²) in [4.78, 5) is 0. The van der Waals surface area contributed by atoms with Crippen LogP contribution in [0.1, 0.15) is 19.0 Å². The van der Waals surface area contributed by atoms with Crippen LogP contribution >= 0.6 is 0 Å². The number of fused-ring (bicyclic) bond motifs is 6. The van der Waals surface area contributed by atoms with Gasteiger partial charge in [-0.2, -0.15) is 4.57 Å². The molecule has 0 saturated carbocycles. The van der Waals surface area contributed by atoms with Crippen molar-refractivity contribution in [2.45, 2.75) is 19.8 Å². The molecule has 1 aliphatic rings. The van der Waals surface area contributed by atoms with Gasteiger partial charge in [-0.05, 0) is 42.1 Å². The van der Waals surface area contributed by atoms with E-state index in [1.165, 1.54) is 0 Å². The van der Waals surface area contributed by atoms with Crippen LogP contribution in [0, 0.1) is 0 Å².